The summed E-state index contributed by atoms with van der Waals surface area (Å²) in [7, 11) is 3.76. The predicted octanol–water partition coefficient (Wildman–Crippen LogP) is 4.64. The predicted molar refractivity (Wildman–Crippen MR) is 107 cm³/mol. The van der Waals surface area contributed by atoms with Crippen molar-refractivity contribution in [3.8, 4) is 22.1 Å². The van der Waals surface area contributed by atoms with Crippen LogP contribution in [0.4, 0.5) is 0 Å². The van der Waals surface area contributed by atoms with E-state index in [1.54, 1.807) is 18.4 Å². The normalized spacial score (nSPS) is 10.9. The molecule has 0 fully saturated rings. The van der Waals surface area contributed by atoms with Gasteiger partial charge in [0.05, 0.1) is 12.8 Å². The van der Waals surface area contributed by atoms with Crippen LogP contribution in [0.5, 0.6) is 11.5 Å². The van der Waals surface area contributed by atoms with E-state index < -0.39 is 0 Å². The highest BCUT2D eigenvalue weighted by Crippen LogP contribution is 2.26. The Morgan fingerprint density at radius 2 is 1.88 bits per heavy atom. The van der Waals surface area contributed by atoms with Crippen LogP contribution in [0.2, 0.25) is 0 Å². The Morgan fingerprint density at radius 3 is 2.62 bits per heavy atom. The van der Waals surface area contributed by atoms with E-state index in [0.29, 0.717) is 6.61 Å². The molecule has 26 heavy (non-hydrogen) atoms. The fourth-order valence-corrected chi connectivity index (χ4v) is 3.44. The molecule has 0 saturated carbocycles. The molecule has 0 atom stereocenters. The fourth-order valence-electron chi connectivity index (χ4n) is 2.63. The molecule has 0 saturated heterocycles. The molecule has 5 heteroatoms. The first-order valence-corrected chi connectivity index (χ1v) is 9.49. The molecule has 136 valence electrons. The van der Waals surface area contributed by atoms with Crippen LogP contribution in [0.3, 0.4) is 0 Å². The topological polar surface area (TPSA) is 34.6 Å². The highest BCUT2D eigenvalue weighted by molar-refractivity contribution is 7.13. The van der Waals surface area contributed by atoms with Gasteiger partial charge < -0.3 is 9.47 Å². The molecule has 1 heterocycles. The Bertz CT molecular complexity index is 830. The quantitative estimate of drug-likeness (QED) is 0.580. The van der Waals surface area contributed by atoms with Gasteiger partial charge >= 0.3 is 0 Å². The van der Waals surface area contributed by atoms with Gasteiger partial charge in [-0.3, -0.25) is 4.90 Å². The molecule has 1 aromatic heterocycles. The SMILES string of the molecule is COc1ccc(-c2nc(CN(C)CCOc3cccc(C)c3)cs2)cc1. The van der Waals surface area contributed by atoms with Crippen LogP contribution in [-0.2, 0) is 6.54 Å². The summed E-state index contributed by atoms with van der Waals surface area (Å²) in [5, 5.41) is 3.16. The maximum Gasteiger partial charge on any atom is 0.123 e. The molecule has 0 radical (unpaired) electrons. The summed E-state index contributed by atoms with van der Waals surface area (Å²) in [6.07, 6.45) is 0. The number of rotatable bonds is 8. The van der Waals surface area contributed by atoms with E-state index in [1.165, 1.54) is 5.56 Å². The zero-order chi connectivity index (χ0) is 18.4. The highest BCUT2D eigenvalue weighted by atomic mass is 32.1. The minimum Gasteiger partial charge on any atom is -0.497 e. The molecule has 0 aliphatic carbocycles. The van der Waals surface area contributed by atoms with Gasteiger partial charge in [-0.15, -0.1) is 11.3 Å². The number of nitrogens with zero attached hydrogens (tertiary/aromatic N) is 2. The molecule has 3 rings (SSSR count). The zero-order valence-electron chi connectivity index (χ0n) is 15.4. The fraction of sp³-hybridized carbons (Fsp3) is 0.286. The molecule has 0 bridgehead atoms. The van der Waals surface area contributed by atoms with Crippen LogP contribution < -0.4 is 9.47 Å². The highest BCUT2D eigenvalue weighted by Gasteiger charge is 2.08. The number of hydrogen-bond acceptors (Lipinski definition) is 5. The van der Waals surface area contributed by atoms with Crippen LogP contribution in [0.25, 0.3) is 10.6 Å². The Hall–Kier alpha value is -2.37. The minimum absolute atomic E-state index is 0.662. The molecule has 3 aromatic rings. The van der Waals surface area contributed by atoms with E-state index in [0.717, 1.165) is 40.9 Å². The first-order valence-electron chi connectivity index (χ1n) is 8.61. The van der Waals surface area contributed by atoms with Crippen molar-refractivity contribution in [1.29, 1.82) is 0 Å². The monoisotopic (exact) mass is 368 g/mol. The van der Waals surface area contributed by atoms with E-state index in [1.807, 2.05) is 36.4 Å². The smallest absolute Gasteiger partial charge is 0.123 e. The van der Waals surface area contributed by atoms with Gasteiger partial charge in [0.15, 0.2) is 0 Å². The largest absolute Gasteiger partial charge is 0.497 e. The number of ether oxygens (including phenoxy) is 2. The summed E-state index contributed by atoms with van der Waals surface area (Å²) in [5.41, 5.74) is 3.41. The van der Waals surface area contributed by atoms with E-state index in [-0.39, 0.29) is 0 Å². The maximum absolute atomic E-state index is 5.82. The van der Waals surface area contributed by atoms with E-state index in [4.69, 9.17) is 14.5 Å². The lowest BCUT2D eigenvalue weighted by molar-refractivity contribution is 0.231. The summed E-state index contributed by atoms with van der Waals surface area (Å²) >= 11 is 1.67. The lowest BCUT2D eigenvalue weighted by atomic mass is 10.2. The molecule has 2 aromatic carbocycles. The lowest BCUT2D eigenvalue weighted by Gasteiger charge is -2.15. The summed E-state index contributed by atoms with van der Waals surface area (Å²) in [5.74, 6) is 1.78. The van der Waals surface area contributed by atoms with Crippen LogP contribution >= 0.6 is 11.3 Å². The van der Waals surface area contributed by atoms with Crippen molar-refractivity contribution in [2.24, 2.45) is 0 Å². The van der Waals surface area contributed by atoms with Crippen LogP contribution in [0.15, 0.2) is 53.9 Å². The molecule has 0 N–H and O–H groups in total. The molecule has 0 spiro atoms. The number of aromatic nitrogens is 1. The zero-order valence-corrected chi connectivity index (χ0v) is 16.3. The van der Waals surface area contributed by atoms with Gasteiger partial charge in [-0.2, -0.15) is 0 Å². The van der Waals surface area contributed by atoms with Crippen molar-refractivity contribution < 1.29 is 9.47 Å². The van der Waals surface area contributed by atoms with Gasteiger partial charge in [0, 0.05) is 24.0 Å². The summed E-state index contributed by atoms with van der Waals surface area (Å²) < 4.78 is 11.0. The Morgan fingerprint density at radius 1 is 1.08 bits per heavy atom. The number of likely N-dealkylation sites (N-methyl/N-ethyl adjacent to an activating group) is 1. The molecule has 0 aliphatic heterocycles. The summed E-state index contributed by atoms with van der Waals surface area (Å²) in [4.78, 5) is 6.97. The summed E-state index contributed by atoms with van der Waals surface area (Å²) in [6, 6.07) is 16.2. The standard InChI is InChI=1S/C21H24N2O2S/c1-16-5-4-6-20(13-16)25-12-11-23(2)14-18-15-26-21(22-18)17-7-9-19(24-3)10-8-17/h4-10,13,15H,11-12,14H2,1-3H3. The third-order valence-electron chi connectivity index (χ3n) is 4.05. The van der Waals surface area contributed by atoms with Gasteiger partial charge in [-0.05, 0) is 55.9 Å². The van der Waals surface area contributed by atoms with Gasteiger partial charge in [-0.1, -0.05) is 12.1 Å². The second kappa shape index (κ2) is 8.83. The average molecular weight is 369 g/mol. The van der Waals surface area contributed by atoms with Crippen LogP contribution in [0, 0.1) is 6.92 Å². The number of aryl methyl sites for hydroxylation is 1. The maximum atomic E-state index is 5.82. The van der Waals surface area contributed by atoms with Crippen LogP contribution in [-0.4, -0.2) is 37.2 Å². The molecule has 4 nitrogen and oxygen atoms in total. The molecule has 0 unspecified atom stereocenters. The second-order valence-corrected chi connectivity index (χ2v) is 7.13. The Kier molecular flexibility index (Phi) is 6.26. The molecule has 0 aliphatic rings. The Balaban J connectivity index is 1.50. The molecule has 0 amide bonds. The first kappa shape index (κ1) is 18.4. The van der Waals surface area contributed by atoms with Crippen molar-refractivity contribution in [3.05, 3.63) is 65.2 Å². The van der Waals surface area contributed by atoms with Crippen molar-refractivity contribution in [1.82, 2.24) is 9.88 Å². The van der Waals surface area contributed by atoms with Gasteiger partial charge in [0.25, 0.3) is 0 Å². The van der Waals surface area contributed by atoms with Gasteiger partial charge in [-0.25, -0.2) is 4.98 Å². The first-order chi connectivity index (χ1) is 12.6. The van der Waals surface area contributed by atoms with Crippen molar-refractivity contribution in [2.45, 2.75) is 13.5 Å². The van der Waals surface area contributed by atoms with Crippen molar-refractivity contribution >= 4 is 11.3 Å². The van der Waals surface area contributed by atoms with E-state index in [9.17, 15) is 0 Å². The second-order valence-electron chi connectivity index (χ2n) is 6.28. The number of thiazole rings is 1. The lowest BCUT2D eigenvalue weighted by Crippen LogP contribution is -2.24. The molecular weight excluding hydrogens is 344 g/mol. The number of hydrogen-bond donors (Lipinski definition) is 0. The average Bonchev–Trinajstić information content (AvgIpc) is 3.10. The Labute approximate surface area is 159 Å². The number of benzene rings is 2. The third-order valence-corrected chi connectivity index (χ3v) is 4.99. The van der Waals surface area contributed by atoms with Crippen molar-refractivity contribution in [2.75, 3.05) is 27.3 Å². The van der Waals surface area contributed by atoms with Gasteiger partial charge in [0.2, 0.25) is 0 Å². The van der Waals surface area contributed by atoms with Crippen LogP contribution in [0.1, 0.15) is 11.3 Å². The number of methoxy groups -OCH3 is 1. The minimum atomic E-state index is 0.662. The third kappa shape index (κ3) is 5.07. The van der Waals surface area contributed by atoms with E-state index >= 15 is 0 Å². The van der Waals surface area contributed by atoms with Crippen molar-refractivity contribution in [3.63, 3.8) is 0 Å². The van der Waals surface area contributed by atoms with Gasteiger partial charge in [0.1, 0.15) is 23.1 Å². The summed E-state index contributed by atoms with van der Waals surface area (Å²) in [6.45, 7) is 4.39. The van der Waals surface area contributed by atoms with E-state index in [2.05, 4.69) is 36.4 Å². The molecular formula is C21H24N2O2S.